The maximum absolute atomic E-state index is 5.87. The highest BCUT2D eigenvalue weighted by molar-refractivity contribution is 14.1. The van der Waals surface area contributed by atoms with E-state index in [4.69, 9.17) is 4.74 Å². The maximum Gasteiger partial charge on any atom is 0.140 e. The predicted octanol–water partition coefficient (Wildman–Crippen LogP) is 4.48. The summed E-state index contributed by atoms with van der Waals surface area (Å²) in [6, 6.07) is 18.7. The zero-order chi connectivity index (χ0) is 11.7. The van der Waals surface area contributed by atoms with Crippen LogP contribution in [0.4, 0.5) is 0 Å². The van der Waals surface area contributed by atoms with Crippen LogP contribution in [0.2, 0.25) is 0 Å². The number of benzene rings is 2. The average Bonchev–Trinajstić information content (AvgIpc) is 2.40. The fourth-order valence-electron chi connectivity index (χ4n) is 2.00. The van der Waals surface area contributed by atoms with Gasteiger partial charge in [-0.3, -0.25) is 0 Å². The van der Waals surface area contributed by atoms with Gasteiger partial charge in [-0.15, -0.1) is 0 Å². The van der Waals surface area contributed by atoms with Crippen LogP contribution in [0.25, 0.3) is 9.34 Å². The molecule has 0 atom stereocenters. The van der Waals surface area contributed by atoms with E-state index < -0.39 is 0 Å². The number of halogens is 1. The van der Waals surface area contributed by atoms with Crippen LogP contribution in [0.3, 0.4) is 0 Å². The normalized spacial score (nSPS) is 14.2. The second-order valence-corrected chi connectivity index (χ2v) is 5.03. The summed E-state index contributed by atoms with van der Waals surface area (Å²) in [7, 11) is 0. The van der Waals surface area contributed by atoms with Gasteiger partial charge in [0.05, 0.1) is 3.58 Å². The van der Waals surface area contributed by atoms with E-state index in [0.29, 0.717) is 6.61 Å². The van der Waals surface area contributed by atoms with Crippen LogP contribution < -0.4 is 0 Å². The van der Waals surface area contributed by atoms with Crippen molar-refractivity contribution < 1.29 is 4.74 Å². The Morgan fingerprint density at radius 1 is 0.882 bits per heavy atom. The molecule has 0 fully saturated rings. The van der Waals surface area contributed by atoms with Crippen LogP contribution >= 0.6 is 22.6 Å². The lowest BCUT2D eigenvalue weighted by Crippen LogP contribution is -2.04. The first-order chi connectivity index (χ1) is 8.36. The fraction of sp³-hybridized carbons (Fsp3) is 0.0667. The summed E-state index contributed by atoms with van der Waals surface area (Å²) in [6.45, 7) is 0.660. The SMILES string of the molecule is IC1=C(c2ccccc2)OCc2ccccc21. The summed E-state index contributed by atoms with van der Waals surface area (Å²) in [4.78, 5) is 0. The van der Waals surface area contributed by atoms with Crippen molar-refractivity contribution in [2.75, 3.05) is 0 Å². The minimum atomic E-state index is 0.660. The molecule has 3 rings (SSSR count). The van der Waals surface area contributed by atoms with Gasteiger partial charge in [0.1, 0.15) is 12.4 Å². The average molecular weight is 334 g/mol. The molecular formula is C15H11IO. The third-order valence-corrected chi connectivity index (χ3v) is 3.93. The Hall–Kier alpha value is -1.29. The molecule has 2 aromatic rings. The largest absolute Gasteiger partial charge is 0.487 e. The van der Waals surface area contributed by atoms with Gasteiger partial charge in [0.2, 0.25) is 0 Å². The highest BCUT2D eigenvalue weighted by Crippen LogP contribution is 2.38. The lowest BCUT2D eigenvalue weighted by Gasteiger charge is -2.21. The maximum atomic E-state index is 5.87. The third-order valence-electron chi connectivity index (χ3n) is 2.86. The van der Waals surface area contributed by atoms with Gasteiger partial charge in [0.15, 0.2) is 0 Å². The molecule has 0 amide bonds. The molecule has 0 aromatic heterocycles. The highest BCUT2D eigenvalue weighted by atomic mass is 127. The topological polar surface area (TPSA) is 9.23 Å². The molecule has 0 radical (unpaired) electrons. The van der Waals surface area contributed by atoms with E-state index in [-0.39, 0.29) is 0 Å². The summed E-state index contributed by atoms with van der Waals surface area (Å²) in [5.41, 5.74) is 3.70. The van der Waals surface area contributed by atoms with Crippen LogP contribution in [0, 0.1) is 0 Å². The number of hydrogen-bond acceptors (Lipinski definition) is 1. The summed E-state index contributed by atoms with van der Waals surface area (Å²) in [5.74, 6) is 0.991. The molecule has 0 spiro atoms. The Balaban J connectivity index is 2.14. The van der Waals surface area contributed by atoms with E-state index in [1.807, 2.05) is 18.2 Å². The van der Waals surface area contributed by atoms with Gasteiger partial charge < -0.3 is 4.74 Å². The molecule has 1 aliphatic rings. The van der Waals surface area contributed by atoms with Gasteiger partial charge in [0.25, 0.3) is 0 Å². The van der Waals surface area contributed by atoms with Gasteiger partial charge in [0, 0.05) is 5.56 Å². The van der Waals surface area contributed by atoms with Crippen LogP contribution in [-0.2, 0) is 11.3 Å². The van der Waals surface area contributed by atoms with Gasteiger partial charge in [-0.2, -0.15) is 0 Å². The molecule has 0 saturated heterocycles. The van der Waals surface area contributed by atoms with Crippen LogP contribution in [0.5, 0.6) is 0 Å². The molecule has 0 bridgehead atoms. The minimum Gasteiger partial charge on any atom is -0.487 e. The number of fused-ring (bicyclic) bond motifs is 1. The van der Waals surface area contributed by atoms with Crippen LogP contribution in [0.15, 0.2) is 54.6 Å². The Kier molecular flexibility index (Phi) is 2.89. The molecule has 2 heteroatoms. The number of ether oxygens (including phenoxy) is 1. The molecule has 0 aliphatic carbocycles. The molecule has 0 N–H and O–H groups in total. The Morgan fingerprint density at radius 3 is 2.41 bits per heavy atom. The van der Waals surface area contributed by atoms with Crippen molar-refractivity contribution in [1.29, 1.82) is 0 Å². The molecular weight excluding hydrogens is 323 g/mol. The molecule has 1 nitrogen and oxygen atoms in total. The Bertz CT molecular complexity index is 572. The van der Waals surface area contributed by atoms with E-state index in [2.05, 4.69) is 59.0 Å². The van der Waals surface area contributed by atoms with Crippen molar-refractivity contribution in [2.24, 2.45) is 0 Å². The smallest absolute Gasteiger partial charge is 0.140 e. The van der Waals surface area contributed by atoms with Gasteiger partial charge >= 0.3 is 0 Å². The summed E-state index contributed by atoms with van der Waals surface area (Å²) in [6.07, 6.45) is 0. The van der Waals surface area contributed by atoms with Crippen LogP contribution in [-0.4, -0.2) is 0 Å². The lowest BCUT2D eigenvalue weighted by molar-refractivity contribution is 0.262. The van der Waals surface area contributed by atoms with Crippen molar-refractivity contribution in [1.82, 2.24) is 0 Å². The molecule has 1 heterocycles. The molecule has 17 heavy (non-hydrogen) atoms. The number of rotatable bonds is 1. The van der Waals surface area contributed by atoms with Crippen molar-refractivity contribution in [3.63, 3.8) is 0 Å². The first kappa shape index (κ1) is 10.8. The molecule has 2 aromatic carbocycles. The standard InChI is InChI=1S/C15H11IO/c16-14-13-9-5-4-8-12(13)10-17-15(14)11-6-2-1-3-7-11/h1-9H,10H2. The first-order valence-corrected chi connectivity index (χ1v) is 6.60. The lowest BCUT2D eigenvalue weighted by atomic mass is 10.0. The Morgan fingerprint density at radius 2 is 1.59 bits per heavy atom. The highest BCUT2D eigenvalue weighted by Gasteiger charge is 2.18. The van der Waals surface area contributed by atoms with Crippen molar-refractivity contribution in [2.45, 2.75) is 6.61 Å². The summed E-state index contributed by atoms with van der Waals surface area (Å²) >= 11 is 2.37. The first-order valence-electron chi connectivity index (χ1n) is 5.52. The van der Waals surface area contributed by atoms with Crippen molar-refractivity contribution >= 4 is 31.9 Å². The van der Waals surface area contributed by atoms with E-state index >= 15 is 0 Å². The third kappa shape index (κ3) is 1.97. The van der Waals surface area contributed by atoms with E-state index in [9.17, 15) is 0 Å². The molecule has 84 valence electrons. The second-order valence-electron chi connectivity index (χ2n) is 3.95. The molecule has 1 aliphatic heterocycles. The zero-order valence-corrected chi connectivity index (χ0v) is 11.3. The second kappa shape index (κ2) is 4.53. The summed E-state index contributed by atoms with van der Waals surface area (Å²) < 4.78 is 7.07. The van der Waals surface area contributed by atoms with Gasteiger partial charge in [-0.25, -0.2) is 0 Å². The molecule has 0 saturated carbocycles. The zero-order valence-electron chi connectivity index (χ0n) is 9.19. The fourth-order valence-corrected chi connectivity index (χ4v) is 2.99. The minimum absolute atomic E-state index is 0.660. The number of hydrogen-bond donors (Lipinski definition) is 0. The summed E-state index contributed by atoms with van der Waals surface area (Å²) in [5, 5.41) is 0. The van der Waals surface area contributed by atoms with E-state index in [0.717, 1.165) is 11.3 Å². The molecule has 0 unspecified atom stereocenters. The monoisotopic (exact) mass is 334 g/mol. The van der Waals surface area contributed by atoms with Crippen molar-refractivity contribution in [3.8, 4) is 0 Å². The van der Waals surface area contributed by atoms with Gasteiger partial charge in [-0.05, 0) is 33.7 Å². The van der Waals surface area contributed by atoms with Crippen LogP contribution in [0.1, 0.15) is 16.7 Å². The van der Waals surface area contributed by atoms with Gasteiger partial charge in [-0.1, -0.05) is 54.6 Å². The van der Waals surface area contributed by atoms with E-state index in [1.165, 1.54) is 14.7 Å². The van der Waals surface area contributed by atoms with Crippen molar-refractivity contribution in [3.05, 3.63) is 71.3 Å². The quantitative estimate of drug-likeness (QED) is 0.699. The predicted molar refractivity (Wildman–Crippen MR) is 78.5 cm³/mol. The van der Waals surface area contributed by atoms with E-state index in [1.54, 1.807) is 0 Å². The Labute approximate surface area is 114 Å².